The van der Waals surface area contributed by atoms with E-state index in [9.17, 15) is 14.0 Å². The Balaban J connectivity index is 1.87. The summed E-state index contributed by atoms with van der Waals surface area (Å²) in [7, 11) is 0. The van der Waals surface area contributed by atoms with E-state index in [-0.39, 0.29) is 12.4 Å². The van der Waals surface area contributed by atoms with Crippen LogP contribution in [0.3, 0.4) is 0 Å². The predicted octanol–water partition coefficient (Wildman–Crippen LogP) is 3.05. The van der Waals surface area contributed by atoms with Crippen LogP contribution in [-0.4, -0.2) is 18.3 Å². The minimum absolute atomic E-state index is 0.0367. The molecule has 0 bridgehead atoms. The van der Waals surface area contributed by atoms with Gasteiger partial charge in [0.25, 0.3) is 5.91 Å². The maximum Gasteiger partial charge on any atom is 0.262 e. The van der Waals surface area contributed by atoms with Gasteiger partial charge in [0.05, 0.1) is 0 Å². The van der Waals surface area contributed by atoms with Gasteiger partial charge in [-0.1, -0.05) is 6.07 Å². The second kappa shape index (κ2) is 6.65. The molecular formula is C16H14FNO3. The zero-order valence-corrected chi connectivity index (χ0v) is 11.4. The van der Waals surface area contributed by atoms with E-state index in [2.05, 4.69) is 5.32 Å². The summed E-state index contributed by atoms with van der Waals surface area (Å²) in [6.07, 6.45) is 0. The topological polar surface area (TPSA) is 55.4 Å². The largest absolute Gasteiger partial charge is 0.484 e. The Morgan fingerprint density at radius 1 is 1.14 bits per heavy atom. The first-order valence-corrected chi connectivity index (χ1v) is 6.34. The fourth-order valence-corrected chi connectivity index (χ4v) is 1.70. The molecule has 2 aromatic carbocycles. The van der Waals surface area contributed by atoms with Crippen LogP contribution >= 0.6 is 0 Å². The molecule has 0 saturated carbocycles. The number of Topliss-reactive ketones (excluding diaryl/α,β-unsaturated/α-hetero) is 1. The molecule has 0 radical (unpaired) electrons. The van der Waals surface area contributed by atoms with Crippen molar-refractivity contribution in [2.24, 2.45) is 0 Å². The number of amides is 1. The molecule has 1 amide bonds. The molecule has 0 aliphatic heterocycles. The van der Waals surface area contributed by atoms with Gasteiger partial charge in [-0.2, -0.15) is 0 Å². The number of halogens is 1. The number of benzene rings is 2. The van der Waals surface area contributed by atoms with Crippen molar-refractivity contribution in [3.63, 3.8) is 0 Å². The van der Waals surface area contributed by atoms with Crippen molar-refractivity contribution in [2.45, 2.75) is 6.92 Å². The van der Waals surface area contributed by atoms with Crippen molar-refractivity contribution in [1.29, 1.82) is 0 Å². The lowest BCUT2D eigenvalue weighted by Crippen LogP contribution is -2.20. The Bertz CT molecular complexity index is 653. The molecule has 0 unspecified atom stereocenters. The van der Waals surface area contributed by atoms with Crippen LogP contribution in [0.5, 0.6) is 5.75 Å². The average Bonchev–Trinajstić information content (AvgIpc) is 2.45. The molecule has 0 aliphatic rings. The third-order valence-electron chi connectivity index (χ3n) is 2.74. The first kappa shape index (κ1) is 14.7. The molecule has 2 rings (SSSR count). The number of carbonyl (C=O) groups is 2. The number of hydrogen-bond acceptors (Lipinski definition) is 3. The van der Waals surface area contributed by atoms with Crippen molar-refractivity contribution >= 4 is 17.4 Å². The molecule has 0 aliphatic carbocycles. The van der Waals surface area contributed by atoms with Gasteiger partial charge in [0.1, 0.15) is 11.6 Å². The zero-order chi connectivity index (χ0) is 15.2. The van der Waals surface area contributed by atoms with Crippen LogP contribution in [0.1, 0.15) is 17.3 Å². The Kier molecular flexibility index (Phi) is 4.66. The van der Waals surface area contributed by atoms with Gasteiger partial charge in [-0.15, -0.1) is 0 Å². The van der Waals surface area contributed by atoms with Crippen molar-refractivity contribution in [2.75, 3.05) is 11.9 Å². The molecule has 4 nitrogen and oxygen atoms in total. The Hall–Kier alpha value is -2.69. The van der Waals surface area contributed by atoms with E-state index in [4.69, 9.17) is 4.74 Å². The van der Waals surface area contributed by atoms with Gasteiger partial charge in [-0.3, -0.25) is 9.59 Å². The van der Waals surface area contributed by atoms with Crippen LogP contribution in [0, 0.1) is 5.82 Å². The average molecular weight is 287 g/mol. The van der Waals surface area contributed by atoms with E-state index >= 15 is 0 Å². The lowest BCUT2D eigenvalue weighted by Gasteiger charge is -2.08. The van der Waals surface area contributed by atoms with Gasteiger partial charge in [-0.25, -0.2) is 4.39 Å². The quantitative estimate of drug-likeness (QED) is 0.860. The summed E-state index contributed by atoms with van der Waals surface area (Å²) >= 11 is 0. The van der Waals surface area contributed by atoms with Crippen molar-refractivity contribution < 1.29 is 18.7 Å². The van der Waals surface area contributed by atoms with E-state index in [0.717, 1.165) is 0 Å². The number of anilines is 1. The fourth-order valence-electron chi connectivity index (χ4n) is 1.70. The number of rotatable bonds is 5. The number of carbonyl (C=O) groups excluding carboxylic acids is 2. The molecule has 0 atom stereocenters. The number of nitrogens with one attached hydrogen (secondary N) is 1. The maximum atomic E-state index is 13.0. The molecular weight excluding hydrogens is 273 g/mol. The van der Waals surface area contributed by atoms with E-state index in [0.29, 0.717) is 17.0 Å². The van der Waals surface area contributed by atoms with Gasteiger partial charge in [0.15, 0.2) is 12.4 Å². The van der Waals surface area contributed by atoms with Gasteiger partial charge in [0.2, 0.25) is 0 Å². The molecule has 0 spiro atoms. The Labute approximate surface area is 121 Å². The van der Waals surface area contributed by atoms with Crippen LogP contribution < -0.4 is 10.1 Å². The van der Waals surface area contributed by atoms with Crippen molar-refractivity contribution in [3.05, 3.63) is 59.9 Å². The van der Waals surface area contributed by atoms with E-state index in [1.54, 1.807) is 30.3 Å². The SMILES string of the molecule is CC(=O)c1ccc(OCC(=O)Nc2cccc(F)c2)cc1. The molecule has 0 saturated heterocycles. The molecule has 0 fully saturated rings. The lowest BCUT2D eigenvalue weighted by molar-refractivity contribution is -0.118. The molecule has 21 heavy (non-hydrogen) atoms. The summed E-state index contributed by atoms with van der Waals surface area (Å²) in [5.41, 5.74) is 0.946. The Morgan fingerprint density at radius 3 is 2.48 bits per heavy atom. The lowest BCUT2D eigenvalue weighted by atomic mass is 10.1. The number of ether oxygens (including phenoxy) is 1. The van der Waals surface area contributed by atoms with E-state index in [1.807, 2.05) is 0 Å². The van der Waals surface area contributed by atoms with Crippen LogP contribution in [-0.2, 0) is 4.79 Å². The maximum absolute atomic E-state index is 13.0. The molecule has 5 heteroatoms. The monoisotopic (exact) mass is 287 g/mol. The van der Waals surface area contributed by atoms with Crippen molar-refractivity contribution in [1.82, 2.24) is 0 Å². The number of ketones is 1. The van der Waals surface area contributed by atoms with Gasteiger partial charge in [-0.05, 0) is 49.4 Å². The van der Waals surface area contributed by atoms with Crippen LogP contribution in [0.4, 0.5) is 10.1 Å². The minimum atomic E-state index is -0.423. The zero-order valence-electron chi connectivity index (χ0n) is 11.4. The highest BCUT2D eigenvalue weighted by Gasteiger charge is 2.05. The Morgan fingerprint density at radius 2 is 1.86 bits per heavy atom. The number of hydrogen-bond donors (Lipinski definition) is 1. The standard InChI is InChI=1S/C16H14FNO3/c1-11(19)12-5-7-15(8-6-12)21-10-16(20)18-14-4-2-3-13(17)9-14/h2-9H,10H2,1H3,(H,18,20). The summed E-state index contributed by atoms with van der Waals surface area (Å²) in [4.78, 5) is 22.8. The molecule has 0 aromatic heterocycles. The summed E-state index contributed by atoms with van der Waals surface area (Å²) in [6.45, 7) is 1.28. The molecule has 108 valence electrons. The van der Waals surface area contributed by atoms with Crippen LogP contribution in [0.2, 0.25) is 0 Å². The predicted molar refractivity (Wildman–Crippen MR) is 77.0 cm³/mol. The minimum Gasteiger partial charge on any atom is -0.484 e. The molecule has 0 heterocycles. The highest BCUT2D eigenvalue weighted by atomic mass is 19.1. The van der Waals surface area contributed by atoms with Crippen molar-refractivity contribution in [3.8, 4) is 5.75 Å². The van der Waals surface area contributed by atoms with E-state index < -0.39 is 11.7 Å². The van der Waals surface area contributed by atoms with Crippen LogP contribution in [0.15, 0.2) is 48.5 Å². The first-order valence-electron chi connectivity index (χ1n) is 6.34. The smallest absolute Gasteiger partial charge is 0.262 e. The molecule has 1 N–H and O–H groups in total. The summed E-state index contributed by atoms with van der Waals surface area (Å²) in [5.74, 6) is -0.371. The second-order valence-electron chi connectivity index (χ2n) is 4.43. The summed E-state index contributed by atoms with van der Waals surface area (Å²) < 4.78 is 18.2. The van der Waals surface area contributed by atoms with Gasteiger partial charge >= 0.3 is 0 Å². The normalized spacial score (nSPS) is 10.0. The van der Waals surface area contributed by atoms with Gasteiger partial charge in [0, 0.05) is 11.3 Å². The third kappa shape index (κ3) is 4.42. The van der Waals surface area contributed by atoms with Crippen LogP contribution in [0.25, 0.3) is 0 Å². The molecule has 2 aromatic rings. The highest BCUT2D eigenvalue weighted by Crippen LogP contribution is 2.13. The summed E-state index contributed by atoms with van der Waals surface area (Å²) in [5, 5.41) is 2.52. The second-order valence-corrected chi connectivity index (χ2v) is 4.43. The van der Waals surface area contributed by atoms with E-state index in [1.165, 1.54) is 25.1 Å². The fraction of sp³-hybridized carbons (Fsp3) is 0.125. The third-order valence-corrected chi connectivity index (χ3v) is 2.74. The van der Waals surface area contributed by atoms with Gasteiger partial charge < -0.3 is 10.1 Å². The summed E-state index contributed by atoms with van der Waals surface area (Å²) in [6, 6.07) is 12.1. The highest BCUT2D eigenvalue weighted by molar-refractivity contribution is 5.94. The first-order chi connectivity index (χ1) is 10.0.